The summed E-state index contributed by atoms with van der Waals surface area (Å²) < 4.78 is 0. The highest BCUT2D eigenvalue weighted by Gasteiger charge is 2.31. The van der Waals surface area contributed by atoms with Gasteiger partial charge in [-0.2, -0.15) is 0 Å². The van der Waals surface area contributed by atoms with E-state index in [-0.39, 0.29) is 12.5 Å². The molecular weight excluding hydrogens is 214 g/mol. The van der Waals surface area contributed by atoms with Crippen LogP contribution in [0.25, 0.3) is 0 Å². The molecule has 0 unspecified atom stereocenters. The van der Waals surface area contributed by atoms with Crippen molar-refractivity contribution in [2.75, 3.05) is 13.2 Å². The van der Waals surface area contributed by atoms with E-state index in [9.17, 15) is 4.79 Å². The molecule has 17 heavy (non-hydrogen) atoms. The van der Waals surface area contributed by atoms with Crippen molar-refractivity contribution in [1.29, 1.82) is 0 Å². The summed E-state index contributed by atoms with van der Waals surface area (Å²) >= 11 is 0. The predicted molar refractivity (Wildman–Crippen MR) is 66.7 cm³/mol. The number of aliphatic hydroxyl groups is 1. The van der Waals surface area contributed by atoms with E-state index >= 15 is 0 Å². The molecule has 3 nitrogen and oxygen atoms in total. The van der Waals surface area contributed by atoms with Crippen molar-refractivity contribution in [3.8, 4) is 0 Å². The maximum Gasteiger partial charge on any atom is 0.227 e. The Kier molecular flexibility index (Phi) is 3.79. The minimum Gasteiger partial charge on any atom is -0.395 e. The van der Waals surface area contributed by atoms with Crippen molar-refractivity contribution in [2.24, 2.45) is 0 Å². The molecule has 0 spiro atoms. The van der Waals surface area contributed by atoms with Crippen LogP contribution >= 0.6 is 0 Å². The molecule has 3 heteroatoms. The number of aliphatic hydroxyl groups excluding tert-OH is 1. The predicted octanol–water partition coefficient (Wildman–Crippen LogP) is 1.52. The second-order valence-corrected chi connectivity index (χ2v) is 4.70. The van der Waals surface area contributed by atoms with Gasteiger partial charge in [-0.1, -0.05) is 29.8 Å². The van der Waals surface area contributed by atoms with E-state index in [4.69, 9.17) is 5.11 Å². The normalized spacial score (nSPS) is 14.7. The van der Waals surface area contributed by atoms with Crippen LogP contribution in [0.3, 0.4) is 0 Å². The van der Waals surface area contributed by atoms with Gasteiger partial charge in [-0.15, -0.1) is 0 Å². The number of carbonyl (C=O) groups is 1. The summed E-state index contributed by atoms with van der Waals surface area (Å²) in [6.45, 7) is 2.55. The van der Waals surface area contributed by atoms with Crippen LogP contribution in [0.5, 0.6) is 0 Å². The highest BCUT2D eigenvalue weighted by atomic mass is 16.3. The van der Waals surface area contributed by atoms with Crippen LogP contribution in [0, 0.1) is 6.92 Å². The fraction of sp³-hybridized carbons (Fsp3) is 0.500. The highest BCUT2D eigenvalue weighted by molar-refractivity contribution is 5.79. The van der Waals surface area contributed by atoms with Crippen molar-refractivity contribution in [2.45, 2.75) is 32.2 Å². The molecule has 1 fully saturated rings. The van der Waals surface area contributed by atoms with E-state index in [0.29, 0.717) is 19.0 Å². The summed E-state index contributed by atoms with van der Waals surface area (Å²) in [7, 11) is 0. The molecule has 2 rings (SSSR count). The van der Waals surface area contributed by atoms with Gasteiger partial charge in [-0.25, -0.2) is 0 Å². The lowest BCUT2D eigenvalue weighted by atomic mass is 10.1. The van der Waals surface area contributed by atoms with Crippen LogP contribution in [-0.2, 0) is 11.2 Å². The number of aryl methyl sites for hydroxylation is 1. The standard InChI is InChI=1S/C14H19NO2/c1-11-2-4-12(5-3-11)10-14(17)15(8-9-16)13-6-7-13/h2-5,13,16H,6-10H2,1H3. The minimum atomic E-state index is 0.0517. The number of hydrogen-bond acceptors (Lipinski definition) is 2. The van der Waals surface area contributed by atoms with Gasteiger partial charge in [0.05, 0.1) is 13.0 Å². The third-order valence-corrected chi connectivity index (χ3v) is 3.12. The molecular formula is C14H19NO2. The summed E-state index contributed by atoms with van der Waals surface area (Å²) in [6, 6.07) is 8.42. The second kappa shape index (κ2) is 5.32. The lowest BCUT2D eigenvalue weighted by Crippen LogP contribution is -2.36. The molecule has 0 saturated heterocycles. The van der Waals surface area contributed by atoms with Crippen molar-refractivity contribution >= 4 is 5.91 Å². The van der Waals surface area contributed by atoms with Gasteiger partial charge in [0, 0.05) is 12.6 Å². The zero-order chi connectivity index (χ0) is 12.3. The zero-order valence-electron chi connectivity index (χ0n) is 10.2. The second-order valence-electron chi connectivity index (χ2n) is 4.70. The average molecular weight is 233 g/mol. The smallest absolute Gasteiger partial charge is 0.227 e. The Morgan fingerprint density at radius 3 is 2.53 bits per heavy atom. The summed E-state index contributed by atoms with van der Waals surface area (Å²) in [5, 5.41) is 8.97. The maximum absolute atomic E-state index is 12.1. The molecule has 1 N–H and O–H groups in total. The molecule has 0 radical (unpaired) electrons. The van der Waals surface area contributed by atoms with Gasteiger partial charge in [0.2, 0.25) is 5.91 Å². The Morgan fingerprint density at radius 1 is 1.35 bits per heavy atom. The lowest BCUT2D eigenvalue weighted by molar-refractivity contribution is -0.131. The molecule has 1 aromatic rings. The molecule has 0 bridgehead atoms. The van der Waals surface area contributed by atoms with E-state index in [1.54, 1.807) is 0 Å². The summed E-state index contributed by atoms with van der Waals surface area (Å²) in [4.78, 5) is 13.9. The fourth-order valence-electron chi connectivity index (χ4n) is 1.99. The Hall–Kier alpha value is -1.35. The van der Waals surface area contributed by atoms with Crippen LogP contribution in [-0.4, -0.2) is 35.1 Å². The van der Waals surface area contributed by atoms with Crippen molar-refractivity contribution < 1.29 is 9.90 Å². The quantitative estimate of drug-likeness (QED) is 0.837. The molecule has 0 aliphatic heterocycles. The van der Waals surface area contributed by atoms with Gasteiger partial charge in [-0.3, -0.25) is 4.79 Å². The highest BCUT2D eigenvalue weighted by Crippen LogP contribution is 2.27. The summed E-state index contributed by atoms with van der Waals surface area (Å²) in [6.07, 6.45) is 2.61. The summed E-state index contributed by atoms with van der Waals surface area (Å²) in [5.41, 5.74) is 2.25. The van der Waals surface area contributed by atoms with Crippen LogP contribution in [0.15, 0.2) is 24.3 Å². The Bertz CT molecular complexity index is 382. The SMILES string of the molecule is Cc1ccc(CC(=O)N(CCO)C2CC2)cc1. The Morgan fingerprint density at radius 2 is 2.00 bits per heavy atom. The van der Waals surface area contributed by atoms with Gasteiger partial charge in [0.25, 0.3) is 0 Å². The van der Waals surface area contributed by atoms with Gasteiger partial charge in [-0.05, 0) is 25.3 Å². The molecule has 0 heterocycles. The number of hydrogen-bond donors (Lipinski definition) is 1. The molecule has 0 atom stereocenters. The molecule has 1 saturated carbocycles. The molecule has 0 aromatic heterocycles. The molecule has 1 aliphatic rings. The van der Waals surface area contributed by atoms with Crippen molar-refractivity contribution in [3.05, 3.63) is 35.4 Å². The largest absolute Gasteiger partial charge is 0.395 e. The third-order valence-electron chi connectivity index (χ3n) is 3.12. The lowest BCUT2D eigenvalue weighted by Gasteiger charge is -2.21. The van der Waals surface area contributed by atoms with E-state index in [0.717, 1.165) is 18.4 Å². The van der Waals surface area contributed by atoms with Gasteiger partial charge in [0.1, 0.15) is 0 Å². The first-order valence-electron chi connectivity index (χ1n) is 6.16. The zero-order valence-corrected chi connectivity index (χ0v) is 10.2. The third kappa shape index (κ3) is 3.30. The van der Waals surface area contributed by atoms with E-state index in [2.05, 4.69) is 0 Å². The number of amides is 1. The monoisotopic (exact) mass is 233 g/mol. The van der Waals surface area contributed by atoms with Crippen LogP contribution in [0.2, 0.25) is 0 Å². The topological polar surface area (TPSA) is 40.5 Å². The first kappa shape index (κ1) is 12.1. The number of carbonyl (C=O) groups excluding carboxylic acids is 1. The first-order chi connectivity index (χ1) is 8.20. The first-order valence-corrected chi connectivity index (χ1v) is 6.16. The van der Waals surface area contributed by atoms with Crippen LogP contribution in [0.1, 0.15) is 24.0 Å². The molecule has 1 aromatic carbocycles. The van der Waals surface area contributed by atoms with E-state index in [1.165, 1.54) is 5.56 Å². The van der Waals surface area contributed by atoms with Crippen LogP contribution < -0.4 is 0 Å². The van der Waals surface area contributed by atoms with E-state index < -0.39 is 0 Å². The van der Waals surface area contributed by atoms with E-state index in [1.807, 2.05) is 36.1 Å². The Balaban J connectivity index is 1.96. The van der Waals surface area contributed by atoms with Gasteiger partial charge in [0.15, 0.2) is 0 Å². The Labute approximate surface area is 102 Å². The van der Waals surface area contributed by atoms with Gasteiger partial charge < -0.3 is 10.0 Å². The number of nitrogens with zero attached hydrogens (tertiary/aromatic N) is 1. The average Bonchev–Trinajstić information content (AvgIpc) is 3.13. The van der Waals surface area contributed by atoms with Crippen molar-refractivity contribution in [1.82, 2.24) is 4.90 Å². The van der Waals surface area contributed by atoms with Crippen molar-refractivity contribution in [3.63, 3.8) is 0 Å². The molecule has 92 valence electrons. The van der Waals surface area contributed by atoms with Gasteiger partial charge >= 0.3 is 0 Å². The van der Waals surface area contributed by atoms with Crippen LogP contribution in [0.4, 0.5) is 0 Å². The number of rotatable bonds is 5. The summed E-state index contributed by atoms with van der Waals surface area (Å²) in [5.74, 6) is 0.130. The maximum atomic E-state index is 12.1. The number of benzene rings is 1. The molecule has 1 amide bonds. The molecule has 1 aliphatic carbocycles. The minimum absolute atomic E-state index is 0.0517. The fourth-order valence-corrected chi connectivity index (χ4v) is 1.99.